The number of ether oxygens (including phenoxy) is 1. The Bertz CT molecular complexity index is 1460. The zero-order chi connectivity index (χ0) is 21.6. The van der Waals surface area contributed by atoms with Crippen LogP contribution in [-0.4, -0.2) is 29.2 Å². The molecule has 4 aromatic rings. The molecule has 8 nitrogen and oxygen atoms in total. The van der Waals surface area contributed by atoms with E-state index in [1.807, 2.05) is 0 Å². The van der Waals surface area contributed by atoms with E-state index in [1.165, 1.54) is 30.1 Å². The van der Waals surface area contributed by atoms with Crippen molar-refractivity contribution < 1.29 is 26.4 Å². The van der Waals surface area contributed by atoms with Crippen molar-refractivity contribution in [2.75, 3.05) is 6.26 Å². The van der Waals surface area contributed by atoms with Crippen molar-refractivity contribution in [2.24, 2.45) is 7.05 Å². The highest BCUT2D eigenvalue weighted by atomic mass is 32.2. The fourth-order valence-electron chi connectivity index (χ4n) is 2.84. The highest BCUT2D eigenvalue weighted by molar-refractivity contribution is 7.90. The minimum absolute atomic E-state index is 0.0175. The van der Waals surface area contributed by atoms with Crippen molar-refractivity contribution in [1.29, 1.82) is 0 Å². The van der Waals surface area contributed by atoms with Crippen LogP contribution >= 0.6 is 0 Å². The number of benzene rings is 1. The van der Waals surface area contributed by atoms with Crippen LogP contribution < -0.4 is 10.3 Å². The Morgan fingerprint density at radius 1 is 1.17 bits per heavy atom. The molecule has 30 heavy (non-hydrogen) atoms. The summed E-state index contributed by atoms with van der Waals surface area (Å²) in [6, 6.07) is 4.23. The molecule has 0 unspecified atom stereocenters. The number of rotatable bonds is 4. The lowest BCUT2D eigenvalue weighted by molar-refractivity contribution is 0.434. The topological polar surface area (TPSA) is 104 Å². The van der Waals surface area contributed by atoms with Gasteiger partial charge in [0, 0.05) is 36.5 Å². The fourth-order valence-corrected chi connectivity index (χ4v) is 3.34. The molecule has 0 spiro atoms. The Balaban J connectivity index is 1.99. The van der Waals surface area contributed by atoms with E-state index in [4.69, 9.17) is 9.15 Å². The van der Waals surface area contributed by atoms with Crippen LogP contribution in [0.4, 0.5) is 8.78 Å². The second-order valence-electron chi connectivity index (χ2n) is 6.44. The van der Waals surface area contributed by atoms with Crippen LogP contribution in [0.5, 0.6) is 11.5 Å². The first-order valence-corrected chi connectivity index (χ1v) is 10.3. The summed E-state index contributed by atoms with van der Waals surface area (Å²) in [6.45, 7) is 0. The molecule has 0 aliphatic heterocycles. The van der Waals surface area contributed by atoms with E-state index < -0.39 is 32.2 Å². The third-order valence-electron chi connectivity index (χ3n) is 4.23. The second-order valence-corrected chi connectivity index (χ2v) is 8.35. The molecule has 3 aromatic heterocycles. The highest BCUT2D eigenvalue weighted by Crippen LogP contribution is 2.36. The largest absolute Gasteiger partial charge is 0.458 e. The first-order chi connectivity index (χ1) is 14.1. The number of furan rings is 1. The molecule has 0 aliphatic rings. The fraction of sp³-hybridized carbons (Fsp3) is 0.105. The number of hydrogen-bond acceptors (Lipinski definition) is 7. The van der Waals surface area contributed by atoms with Crippen LogP contribution in [0.3, 0.4) is 0 Å². The van der Waals surface area contributed by atoms with Gasteiger partial charge in [-0.15, -0.1) is 0 Å². The number of halogens is 2. The third kappa shape index (κ3) is 3.43. The molecule has 0 saturated heterocycles. The zero-order valence-electron chi connectivity index (χ0n) is 15.6. The van der Waals surface area contributed by atoms with E-state index in [2.05, 4.69) is 9.97 Å². The van der Waals surface area contributed by atoms with Gasteiger partial charge >= 0.3 is 0 Å². The van der Waals surface area contributed by atoms with Gasteiger partial charge in [0.1, 0.15) is 11.5 Å². The van der Waals surface area contributed by atoms with Crippen molar-refractivity contribution in [3.63, 3.8) is 0 Å². The molecule has 0 bridgehead atoms. The normalized spacial score (nSPS) is 11.7. The molecule has 0 N–H and O–H groups in total. The van der Waals surface area contributed by atoms with Crippen LogP contribution in [0.15, 0.2) is 57.3 Å². The van der Waals surface area contributed by atoms with Crippen LogP contribution in [-0.2, 0) is 16.9 Å². The Labute approximate surface area is 168 Å². The molecule has 0 radical (unpaired) electrons. The minimum Gasteiger partial charge on any atom is -0.458 e. The van der Waals surface area contributed by atoms with Gasteiger partial charge in [-0.1, -0.05) is 0 Å². The van der Waals surface area contributed by atoms with Gasteiger partial charge in [-0.25, -0.2) is 27.2 Å². The minimum atomic E-state index is -3.79. The molecule has 0 aliphatic carbocycles. The Morgan fingerprint density at radius 3 is 2.63 bits per heavy atom. The SMILES string of the molecule is Cn1cc(-c2nc(S(C)(=O)=O)ncc2Oc2ccc(F)cc2F)c2ccoc2c1=O. The van der Waals surface area contributed by atoms with Gasteiger partial charge in [0.2, 0.25) is 15.0 Å². The first kappa shape index (κ1) is 19.7. The molecule has 3 heterocycles. The number of sulfone groups is 1. The summed E-state index contributed by atoms with van der Waals surface area (Å²) in [7, 11) is -2.31. The number of hydrogen-bond donors (Lipinski definition) is 0. The zero-order valence-corrected chi connectivity index (χ0v) is 16.4. The summed E-state index contributed by atoms with van der Waals surface area (Å²) in [6.07, 6.45) is 4.72. The van der Waals surface area contributed by atoms with Crippen molar-refractivity contribution in [3.05, 3.63) is 64.9 Å². The third-order valence-corrected chi connectivity index (χ3v) is 5.09. The van der Waals surface area contributed by atoms with E-state index in [1.54, 1.807) is 0 Å². The molecular formula is C19H13F2N3O5S. The number of fused-ring (bicyclic) bond motifs is 1. The van der Waals surface area contributed by atoms with E-state index >= 15 is 0 Å². The quantitative estimate of drug-likeness (QED) is 0.456. The van der Waals surface area contributed by atoms with E-state index in [-0.39, 0.29) is 22.8 Å². The maximum Gasteiger partial charge on any atom is 0.293 e. The first-order valence-electron chi connectivity index (χ1n) is 8.42. The molecular weight excluding hydrogens is 420 g/mol. The Kier molecular flexibility index (Phi) is 4.61. The van der Waals surface area contributed by atoms with Crippen molar-refractivity contribution in [2.45, 2.75) is 5.16 Å². The molecule has 0 atom stereocenters. The van der Waals surface area contributed by atoms with Crippen LogP contribution in [0, 0.1) is 11.6 Å². The van der Waals surface area contributed by atoms with Gasteiger partial charge in [-0.3, -0.25) is 4.79 Å². The lowest BCUT2D eigenvalue weighted by atomic mass is 10.1. The number of nitrogens with zero attached hydrogens (tertiary/aromatic N) is 3. The van der Waals surface area contributed by atoms with Crippen molar-refractivity contribution >= 4 is 20.8 Å². The summed E-state index contributed by atoms with van der Waals surface area (Å²) in [4.78, 5) is 20.1. The summed E-state index contributed by atoms with van der Waals surface area (Å²) >= 11 is 0. The Morgan fingerprint density at radius 2 is 1.93 bits per heavy atom. The molecule has 0 saturated carbocycles. The van der Waals surface area contributed by atoms with Crippen molar-refractivity contribution in [1.82, 2.24) is 14.5 Å². The van der Waals surface area contributed by atoms with Gasteiger partial charge in [0.25, 0.3) is 5.56 Å². The van der Waals surface area contributed by atoms with Gasteiger partial charge in [0.05, 0.1) is 12.5 Å². The van der Waals surface area contributed by atoms with E-state index in [9.17, 15) is 22.0 Å². The molecule has 0 fully saturated rings. The predicted octanol–water partition coefficient (Wildman–Crippen LogP) is 3.06. The summed E-state index contributed by atoms with van der Waals surface area (Å²) in [5.74, 6) is -2.18. The standard InChI is InChI=1S/C19H13F2N3O5S/c1-24-9-12(11-5-6-28-17(11)18(24)25)16-15(8-22-19(23-16)30(2,26)27)29-14-4-3-10(20)7-13(14)21/h3-9H,1-2H3. The molecule has 154 valence electrons. The summed E-state index contributed by atoms with van der Waals surface area (Å²) in [5, 5.41) is -0.143. The smallest absolute Gasteiger partial charge is 0.293 e. The molecule has 11 heteroatoms. The number of pyridine rings is 1. The van der Waals surface area contributed by atoms with E-state index in [0.29, 0.717) is 17.0 Å². The molecule has 0 amide bonds. The average Bonchev–Trinajstić information content (AvgIpc) is 3.16. The van der Waals surface area contributed by atoms with Gasteiger partial charge in [-0.2, -0.15) is 0 Å². The van der Waals surface area contributed by atoms with Crippen molar-refractivity contribution in [3.8, 4) is 22.8 Å². The predicted molar refractivity (Wildman–Crippen MR) is 102 cm³/mol. The monoisotopic (exact) mass is 433 g/mol. The van der Waals surface area contributed by atoms with Gasteiger partial charge in [-0.05, 0) is 18.2 Å². The molecule has 1 aromatic carbocycles. The van der Waals surface area contributed by atoms with E-state index in [0.717, 1.165) is 24.6 Å². The Hall–Kier alpha value is -3.60. The highest BCUT2D eigenvalue weighted by Gasteiger charge is 2.22. The maximum absolute atomic E-state index is 14.1. The number of aryl methyl sites for hydroxylation is 1. The van der Waals surface area contributed by atoms with Crippen LogP contribution in [0.1, 0.15) is 0 Å². The summed E-state index contributed by atoms with van der Waals surface area (Å²) in [5.41, 5.74) is -0.113. The maximum atomic E-state index is 14.1. The average molecular weight is 433 g/mol. The van der Waals surface area contributed by atoms with Gasteiger partial charge < -0.3 is 13.7 Å². The molecule has 4 rings (SSSR count). The van der Waals surface area contributed by atoms with Gasteiger partial charge in [0.15, 0.2) is 22.9 Å². The lowest BCUT2D eigenvalue weighted by Crippen LogP contribution is -2.16. The summed E-state index contributed by atoms with van der Waals surface area (Å²) < 4.78 is 63.2. The lowest BCUT2D eigenvalue weighted by Gasteiger charge is -2.13. The number of aromatic nitrogens is 3. The van der Waals surface area contributed by atoms with Crippen LogP contribution in [0.25, 0.3) is 22.2 Å². The van der Waals surface area contributed by atoms with Crippen LogP contribution in [0.2, 0.25) is 0 Å². The second kappa shape index (κ2) is 7.02.